The van der Waals surface area contributed by atoms with Gasteiger partial charge in [-0.05, 0) is 19.9 Å². The van der Waals surface area contributed by atoms with Crippen LogP contribution in [-0.4, -0.2) is 64.9 Å². The van der Waals surface area contributed by atoms with Gasteiger partial charge < -0.3 is 24.4 Å². The van der Waals surface area contributed by atoms with Crippen molar-refractivity contribution in [3.8, 4) is 0 Å². The van der Waals surface area contributed by atoms with E-state index in [0.717, 1.165) is 5.52 Å². The Kier molecular flexibility index (Phi) is 6.26. The Morgan fingerprint density at radius 3 is 2.81 bits per heavy atom. The molecule has 31 heavy (non-hydrogen) atoms. The third-order valence-electron chi connectivity index (χ3n) is 5.40. The number of nitrogens with one attached hydrogen (secondary N) is 1. The average molecular weight is 448 g/mol. The number of aliphatic hydroxyl groups excluding tert-OH is 1. The molecule has 2 N–H and O–H groups in total. The molecule has 3 aromatic rings. The molecule has 0 bridgehead atoms. The van der Waals surface area contributed by atoms with E-state index in [1.807, 2.05) is 24.5 Å². The SMILES string of the molecule is CC(C)n1c(CO)nc2cnc(Nc3ccnc(N4CC[C@@H]([S+](C)[O-])[C@@H](F)C4)n3)cc21. The maximum Gasteiger partial charge on any atom is 0.227 e. The number of pyridine rings is 1. The summed E-state index contributed by atoms with van der Waals surface area (Å²) in [5.41, 5.74) is 1.57. The van der Waals surface area contributed by atoms with E-state index >= 15 is 0 Å². The number of fused-ring (bicyclic) bond motifs is 1. The largest absolute Gasteiger partial charge is 0.616 e. The highest BCUT2D eigenvalue weighted by atomic mass is 32.2. The van der Waals surface area contributed by atoms with E-state index in [2.05, 4.69) is 25.3 Å². The maximum atomic E-state index is 14.4. The van der Waals surface area contributed by atoms with Crippen molar-refractivity contribution in [2.45, 2.75) is 44.3 Å². The molecular weight excluding hydrogens is 421 g/mol. The number of nitrogens with zero attached hydrogens (tertiary/aromatic N) is 6. The third kappa shape index (κ3) is 4.43. The van der Waals surface area contributed by atoms with Crippen LogP contribution in [-0.2, 0) is 17.8 Å². The van der Waals surface area contributed by atoms with E-state index in [1.165, 1.54) is 0 Å². The number of imidazole rings is 1. The lowest BCUT2D eigenvalue weighted by atomic mass is 10.1. The van der Waals surface area contributed by atoms with Crippen LogP contribution in [0, 0.1) is 0 Å². The van der Waals surface area contributed by atoms with Crippen LogP contribution in [0.1, 0.15) is 32.1 Å². The van der Waals surface area contributed by atoms with Gasteiger partial charge in [-0.15, -0.1) is 0 Å². The molecule has 0 amide bonds. The van der Waals surface area contributed by atoms with Crippen LogP contribution >= 0.6 is 0 Å². The molecule has 0 aromatic carbocycles. The second-order valence-corrected chi connectivity index (χ2v) is 9.47. The van der Waals surface area contributed by atoms with Crippen LogP contribution in [0.2, 0.25) is 0 Å². The van der Waals surface area contributed by atoms with Gasteiger partial charge in [-0.25, -0.2) is 19.3 Å². The minimum atomic E-state index is -1.19. The van der Waals surface area contributed by atoms with E-state index < -0.39 is 22.6 Å². The Bertz CT molecular complexity index is 1060. The number of aliphatic hydroxyl groups is 1. The monoisotopic (exact) mass is 447 g/mol. The fourth-order valence-electron chi connectivity index (χ4n) is 3.95. The molecule has 0 aliphatic carbocycles. The molecule has 0 radical (unpaired) electrons. The topological polar surface area (TPSA) is 115 Å². The van der Waals surface area contributed by atoms with Crippen molar-refractivity contribution >= 4 is 39.8 Å². The minimum Gasteiger partial charge on any atom is -0.616 e. The van der Waals surface area contributed by atoms with E-state index in [4.69, 9.17) is 0 Å². The number of alkyl halides is 1. The van der Waals surface area contributed by atoms with Crippen molar-refractivity contribution in [1.29, 1.82) is 0 Å². The number of hydrogen-bond acceptors (Lipinski definition) is 8. The zero-order valence-corrected chi connectivity index (χ0v) is 18.5. The van der Waals surface area contributed by atoms with Gasteiger partial charge in [0.05, 0.1) is 24.5 Å². The highest BCUT2D eigenvalue weighted by molar-refractivity contribution is 7.91. The molecule has 0 spiro atoms. The number of piperidine rings is 1. The molecule has 1 fully saturated rings. The van der Waals surface area contributed by atoms with Crippen molar-refractivity contribution in [3.63, 3.8) is 0 Å². The molecule has 166 valence electrons. The summed E-state index contributed by atoms with van der Waals surface area (Å²) in [6.07, 6.45) is 4.13. The van der Waals surface area contributed by atoms with Crippen LogP contribution in [0.15, 0.2) is 24.5 Å². The fourth-order valence-corrected chi connectivity index (χ4v) is 4.88. The first-order chi connectivity index (χ1) is 14.9. The van der Waals surface area contributed by atoms with Crippen molar-refractivity contribution in [2.75, 3.05) is 29.6 Å². The molecule has 1 aliphatic heterocycles. The van der Waals surface area contributed by atoms with Crippen LogP contribution in [0.5, 0.6) is 0 Å². The lowest BCUT2D eigenvalue weighted by Gasteiger charge is -2.34. The molecule has 9 nitrogen and oxygen atoms in total. The Balaban J connectivity index is 1.55. The number of aromatic nitrogens is 5. The smallest absolute Gasteiger partial charge is 0.227 e. The quantitative estimate of drug-likeness (QED) is 0.553. The molecule has 1 unspecified atom stereocenters. The second-order valence-electron chi connectivity index (χ2n) is 7.86. The first-order valence-electron chi connectivity index (χ1n) is 10.2. The standard InChI is InChI=1S/C20H26FN7O2S/c1-12(2)28-15-8-18(23-9-14(15)24-19(28)11-29)25-17-4-6-22-20(26-17)27-7-5-16(31(3)30)13(21)10-27/h4,6,8-9,12-13,16,29H,5,7,10-11H2,1-3H3,(H,22,23,25,26)/t13-,16+,31?/m0/s1. The molecule has 4 rings (SSSR count). The summed E-state index contributed by atoms with van der Waals surface area (Å²) in [5.74, 6) is 2.12. The van der Waals surface area contributed by atoms with Crippen molar-refractivity contribution in [2.24, 2.45) is 0 Å². The summed E-state index contributed by atoms with van der Waals surface area (Å²) in [6, 6.07) is 3.71. The van der Waals surface area contributed by atoms with Gasteiger partial charge in [0.1, 0.15) is 34.8 Å². The summed E-state index contributed by atoms with van der Waals surface area (Å²) >= 11 is -1.19. The summed E-state index contributed by atoms with van der Waals surface area (Å²) < 4.78 is 28.1. The molecule has 0 saturated carbocycles. The van der Waals surface area contributed by atoms with Gasteiger partial charge in [-0.3, -0.25) is 0 Å². The number of anilines is 3. The summed E-state index contributed by atoms with van der Waals surface area (Å²) in [5, 5.41) is 12.3. The lowest BCUT2D eigenvalue weighted by molar-refractivity contribution is 0.263. The van der Waals surface area contributed by atoms with E-state index in [0.29, 0.717) is 41.9 Å². The molecule has 3 atom stereocenters. The minimum absolute atomic E-state index is 0.120. The van der Waals surface area contributed by atoms with Crippen LogP contribution < -0.4 is 10.2 Å². The molecule has 3 aromatic heterocycles. The first kappa shape index (κ1) is 21.7. The summed E-state index contributed by atoms with van der Waals surface area (Å²) in [6.45, 7) is 4.58. The van der Waals surface area contributed by atoms with Gasteiger partial charge in [0, 0.05) is 31.3 Å². The number of halogens is 1. The predicted octanol–water partition coefficient (Wildman–Crippen LogP) is 2.33. The molecule has 11 heteroatoms. The molecular formula is C20H26FN7O2S. The number of hydrogen-bond donors (Lipinski definition) is 2. The van der Waals surface area contributed by atoms with Crippen LogP contribution in [0.25, 0.3) is 11.0 Å². The maximum absolute atomic E-state index is 14.4. The fraction of sp³-hybridized carbons (Fsp3) is 0.500. The van der Waals surface area contributed by atoms with Gasteiger partial charge in [-0.2, -0.15) is 4.98 Å². The normalized spacial score (nSPS) is 20.4. The zero-order chi connectivity index (χ0) is 22.1. The third-order valence-corrected chi connectivity index (χ3v) is 6.78. The van der Waals surface area contributed by atoms with Crippen molar-refractivity contribution in [3.05, 3.63) is 30.4 Å². The van der Waals surface area contributed by atoms with Gasteiger partial charge >= 0.3 is 0 Å². The first-order valence-corrected chi connectivity index (χ1v) is 11.8. The lowest BCUT2D eigenvalue weighted by Crippen LogP contribution is -2.48. The Morgan fingerprint density at radius 1 is 1.32 bits per heavy atom. The van der Waals surface area contributed by atoms with E-state index in [9.17, 15) is 14.0 Å². The Hall–Kier alpha value is -2.50. The Labute approximate surface area is 182 Å². The zero-order valence-electron chi connectivity index (χ0n) is 17.7. The Morgan fingerprint density at radius 2 is 2.13 bits per heavy atom. The second kappa shape index (κ2) is 8.93. The van der Waals surface area contributed by atoms with E-state index in [-0.39, 0.29) is 19.2 Å². The van der Waals surface area contributed by atoms with Crippen molar-refractivity contribution in [1.82, 2.24) is 24.5 Å². The average Bonchev–Trinajstić information content (AvgIpc) is 3.12. The van der Waals surface area contributed by atoms with Crippen molar-refractivity contribution < 1.29 is 14.0 Å². The van der Waals surface area contributed by atoms with Gasteiger partial charge in [0.2, 0.25) is 5.95 Å². The summed E-state index contributed by atoms with van der Waals surface area (Å²) in [7, 11) is 0. The van der Waals surface area contributed by atoms with Crippen LogP contribution in [0.3, 0.4) is 0 Å². The molecule has 1 aliphatic rings. The highest BCUT2D eigenvalue weighted by Gasteiger charge is 2.36. The van der Waals surface area contributed by atoms with Gasteiger partial charge in [-0.1, -0.05) is 11.2 Å². The van der Waals surface area contributed by atoms with E-state index in [1.54, 1.807) is 29.6 Å². The highest BCUT2D eigenvalue weighted by Crippen LogP contribution is 2.26. The summed E-state index contributed by atoms with van der Waals surface area (Å²) in [4.78, 5) is 19.4. The number of rotatable bonds is 6. The molecule has 4 heterocycles. The van der Waals surface area contributed by atoms with Gasteiger partial charge in [0.15, 0.2) is 6.17 Å². The van der Waals surface area contributed by atoms with Gasteiger partial charge in [0.25, 0.3) is 0 Å². The predicted molar refractivity (Wildman–Crippen MR) is 119 cm³/mol. The van der Waals surface area contributed by atoms with Crippen LogP contribution in [0.4, 0.5) is 22.0 Å². The molecule has 1 saturated heterocycles.